The van der Waals surface area contributed by atoms with Gasteiger partial charge in [-0.2, -0.15) is 0 Å². The summed E-state index contributed by atoms with van der Waals surface area (Å²) in [6, 6.07) is 0. The number of aryl methyl sites for hydroxylation is 1. The molecule has 1 aliphatic rings. The summed E-state index contributed by atoms with van der Waals surface area (Å²) in [5.74, 6) is 0. The Balaban J connectivity index is 2.30. The van der Waals surface area contributed by atoms with E-state index in [0.717, 1.165) is 14.4 Å². The highest BCUT2D eigenvalue weighted by Gasteiger charge is 2.53. The average molecular weight is 304 g/mol. The first-order valence-electron chi connectivity index (χ1n) is 5.21. The number of nitrogens with zero attached hydrogens (tertiary/aromatic N) is 1. The fraction of sp³-hybridized carbons (Fsp3) is 0.700. The Hall–Kier alpha value is 0.0949. The van der Waals surface area contributed by atoms with E-state index in [9.17, 15) is 0 Å². The predicted molar refractivity (Wildman–Crippen MR) is 70.3 cm³/mol. The Kier molecular flexibility index (Phi) is 2.98. The van der Waals surface area contributed by atoms with Crippen LogP contribution in [0.15, 0.2) is 3.79 Å². The van der Waals surface area contributed by atoms with Gasteiger partial charge in [-0.3, -0.25) is 0 Å². The van der Waals surface area contributed by atoms with Gasteiger partial charge in [0.15, 0.2) is 0 Å². The lowest BCUT2D eigenvalue weighted by molar-refractivity contribution is 0.00578. The molecule has 0 atom stereocenters. The van der Waals surface area contributed by atoms with Crippen molar-refractivity contribution in [1.29, 1.82) is 0 Å². The Morgan fingerprint density at radius 1 is 1.19 bits per heavy atom. The zero-order valence-electron chi connectivity index (χ0n) is 10.1. The minimum atomic E-state index is -0.371. The number of halogens is 1. The molecule has 0 amide bonds. The molecule has 0 bridgehead atoms. The number of hydrogen-bond donors (Lipinski definition) is 0. The lowest BCUT2D eigenvalue weighted by Crippen LogP contribution is -2.41. The third-order valence-corrected chi connectivity index (χ3v) is 4.86. The van der Waals surface area contributed by atoms with Gasteiger partial charge < -0.3 is 9.31 Å². The summed E-state index contributed by atoms with van der Waals surface area (Å²) in [6.45, 7) is 10.1. The van der Waals surface area contributed by atoms with Gasteiger partial charge in [-0.15, -0.1) is 11.3 Å². The van der Waals surface area contributed by atoms with E-state index in [0.29, 0.717) is 0 Å². The van der Waals surface area contributed by atoms with E-state index < -0.39 is 0 Å². The van der Waals surface area contributed by atoms with Crippen LogP contribution in [0, 0.1) is 6.92 Å². The van der Waals surface area contributed by atoms with Crippen molar-refractivity contribution in [3.05, 3.63) is 8.79 Å². The van der Waals surface area contributed by atoms with Gasteiger partial charge in [0.05, 0.1) is 25.6 Å². The molecule has 1 aromatic rings. The molecule has 2 rings (SSSR count). The normalized spacial score (nSPS) is 22.8. The molecule has 1 aliphatic heterocycles. The molecular formula is C10H15BBrNO2S. The van der Waals surface area contributed by atoms with E-state index in [-0.39, 0.29) is 18.3 Å². The minimum absolute atomic E-state index is 0.311. The average Bonchev–Trinajstić information content (AvgIpc) is 2.51. The molecule has 16 heavy (non-hydrogen) atoms. The molecule has 0 aromatic carbocycles. The van der Waals surface area contributed by atoms with Gasteiger partial charge in [0, 0.05) is 0 Å². The van der Waals surface area contributed by atoms with Gasteiger partial charge >= 0.3 is 7.12 Å². The van der Waals surface area contributed by atoms with Crippen molar-refractivity contribution in [3.8, 4) is 0 Å². The van der Waals surface area contributed by atoms with Crippen LogP contribution in [0.2, 0.25) is 0 Å². The highest BCUT2D eigenvalue weighted by molar-refractivity contribution is 9.11. The monoisotopic (exact) mass is 303 g/mol. The van der Waals surface area contributed by atoms with Gasteiger partial charge in [-0.1, -0.05) is 0 Å². The van der Waals surface area contributed by atoms with Crippen LogP contribution in [0.1, 0.15) is 32.7 Å². The Morgan fingerprint density at radius 3 is 2.06 bits per heavy atom. The van der Waals surface area contributed by atoms with Crippen molar-refractivity contribution in [3.63, 3.8) is 0 Å². The molecule has 0 aliphatic carbocycles. The van der Waals surface area contributed by atoms with Crippen LogP contribution in [0.3, 0.4) is 0 Å². The van der Waals surface area contributed by atoms with Crippen molar-refractivity contribution in [2.24, 2.45) is 0 Å². The summed E-state index contributed by atoms with van der Waals surface area (Å²) < 4.78 is 12.9. The molecule has 88 valence electrons. The third kappa shape index (κ3) is 1.96. The van der Waals surface area contributed by atoms with Gasteiger partial charge in [-0.25, -0.2) is 4.98 Å². The maximum absolute atomic E-state index is 5.94. The molecule has 0 spiro atoms. The van der Waals surface area contributed by atoms with Crippen molar-refractivity contribution in [2.75, 3.05) is 0 Å². The summed E-state index contributed by atoms with van der Waals surface area (Å²) in [4.78, 5) is 4.44. The molecule has 1 aromatic heterocycles. The van der Waals surface area contributed by atoms with E-state index in [1.54, 1.807) is 11.3 Å². The number of rotatable bonds is 1. The summed E-state index contributed by atoms with van der Waals surface area (Å²) in [7, 11) is -0.371. The second kappa shape index (κ2) is 3.80. The predicted octanol–water partition coefficient (Wildman–Crippen LogP) is 2.51. The lowest BCUT2D eigenvalue weighted by atomic mass is 9.86. The largest absolute Gasteiger partial charge is 0.516 e. The highest BCUT2D eigenvalue weighted by Crippen LogP contribution is 2.37. The molecule has 3 nitrogen and oxygen atoms in total. The SMILES string of the molecule is Cc1nc(B2OC(C)(C)C(C)(C)O2)c(Br)s1. The smallest absolute Gasteiger partial charge is 0.398 e. The molecule has 6 heteroatoms. The van der Waals surface area contributed by atoms with Crippen LogP contribution in [-0.4, -0.2) is 23.3 Å². The topological polar surface area (TPSA) is 31.4 Å². The number of aromatic nitrogens is 1. The van der Waals surface area contributed by atoms with E-state index in [4.69, 9.17) is 9.31 Å². The zero-order valence-corrected chi connectivity index (χ0v) is 12.5. The summed E-state index contributed by atoms with van der Waals surface area (Å²) in [5, 5.41) is 1.01. The van der Waals surface area contributed by atoms with Crippen LogP contribution >= 0.6 is 27.3 Å². The molecule has 0 radical (unpaired) electrons. The molecule has 0 unspecified atom stereocenters. The summed E-state index contributed by atoms with van der Waals surface area (Å²) >= 11 is 5.10. The van der Waals surface area contributed by atoms with E-state index in [1.165, 1.54) is 0 Å². The maximum atomic E-state index is 5.94. The fourth-order valence-corrected chi connectivity index (χ4v) is 3.15. The minimum Gasteiger partial charge on any atom is -0.398 e. The van der Waals surface area contributed by atoms with Crippen LogP contribution < -0.4 is 5.59 Å². The first-order valence-corrected chi connectivity index (χ1v) is 6.82. The first kappa shape index (κ1) is 12.5. The van der Waals surface area contributed by atoms with Gasteiger partial charge in [-0.05, 0) is 50.5 Å². The summed E-state index contributed by atoms with van der Waals surface area (Å²) in [6.07, 6.45) is 0. The Morgan fingerprint density at radius 2 is 1.69 bits per heavy atom. The van der Waals surface area contributed by atoms with E-state index in [2.05, 4.69) is 20.9 Å². The van der Waals surface area contributed by atoms with Crippen molar-refractivity contribution >= 4 is 40.0 Å². The lowest BCUT2D eigenvalue weighted by Gasteiger charge is -2.32. The summed E-state index contributed by atoms with van der Waals surface area (Å²) in [5.41, 5.74) is 0.227. The van der Waals surface area contributed by atoms with E-state index >= 15 is 0 Å². The molecule has 1 saturated heterocycles. The van der Waals surface area contributed by atoms with Gasteiger partial charge in [0.25, 0.3) is 0 Å². The maximum Gasteiger partial charge on any atom is 0.516 e. The number of thiazole rings is 1. The molecule has 0 saturated carbocycles. The number of hydrogen-bond acceptors (Lipinski definition) is 4. The van der Waals surface area contributed by atoms with Gasteiger partial charge in [0.1, 0.15) is 0 Å². The second-order valence-electron chi connectivity index (χ2n) is 4.98. The highest BCUT2D eigenvalue weighted by atomic mass is 79.9. The Bertz CT molecular complexity index is 403. The third-order valence-electron chi connectivity index (χ3n) is 3.19. The van der Waals surface area contributed by atoms with Crippen LogP contribution in [0.5, 0.6) is 0 Å². The zero-order chi connectivity index (χ0) is 12.1. The first-order chi connectivity index (χ1) is 7.23. The molecular weight excluding hydrogens is 289 g/mol. The van der Waals surface area contributed by atoms with Crippen molar-refractivity contribution in [2.45, 2.75) is 45.8 Å². The molecule has 0 N–H and O–H groups in total. The Labute approximate surface area is 109 Å². The van der Waals surface area contributed by atoms with Crippen molar-refractivity contribution in [1.82, 2.24) is 4.98 Å². The molecule has 1 fully saturated rings. The standard InChI is InChI=1S/C10H15BBrNO2S/c1-6-13-7(8(12)16-6)11-14-9(2,3)10(4,5)15-11/h1-5H3. The van der Waals surface area contributed by atoms with Crippen LogP contribution in [0.4, 0.5) is 0 Å². The van der Waals surface area contributed by atoms with E-state index in [1.807, 2.05) is 34.6 Å². The fourth-order valence-electron chi connectivity index (χ4n) is 1.52. The van der Waals surface area contributed by atoms with Crippen molar-refractivity contribution < 1.29 is 9.31 Å². The quantitative estimate of drug-likeness (QED) is 0.747. The van der Waals surface area contributed by atoms with Gasteiger partial charge in [0.2, 0.25) is 0 Å². The second-order valence-corrected chi connectivity index (χ2v) is 7.50. The van der Waals surface area contributed by atoms with Crippen LogP contribution in [0.25, 0.3) is 0 Å². The van der Waals surface area contributed by atoms with Crippen LogP contribution in [-0.2, 0) is 9.31 Å². The molecule has 2 heterocycles.